The quantitative estimate of drug-likeness (QED) is 0.458. The van der Waals surface area contributed by atoms with Gasteiger partial charge in [-0.3, -0.25) is 9.05 Å². The van der Waals surface area contributed by atoms with E-state index < -0.39 is 6.80 Å². The van der Waals surface area contributed by atoms with Gasteiger partial charge >= 0.3 is 6.80 Å². The van der Waals surface area contributed by atoms with Gasteiger partial charge in [0.2, 0.25) is 0 Å². The number of thiol groups is 1. The third kappa shape index (κ3) is 4.14. The number of hydrogen-bond donors (Lipinski definition) is 1. The van der Waals surface area contributed by atoms with E-state index in [1.54, 1.807) is 0 Å². The van der Waals surface area contributed by atoms with Crippen LogP contribution in [0.4, 0.5) is 0 Å². The van der Waals surface area contributed by atoms with E-state index in [2.05, 4.69) is 33.9 Å². The first-order chi connectivity index (χ1) is 10.1. The monoisotopic (exact) mass is 348 g/mol. The number of ether oxygens (including phenoxy) is 2. The van der Waals surface area contributed by atoms with Crippen molar-refractivity contribution in [3.05, 3.63) is 0 Å². The highest BCUT2D eigenvalue weighted by molar-refractivity contribution is 8.44. The van der Waals surface area contributed by atoms with Gasteiger partial charge in [0.05, 0.1) is 24.9 Å². The van der Waals surface area contributed by atoms with Gasteiger partial charge in [-0.1, -0.05) is 33.0 Å². The van der Waals surface area contributed by atoms with Gasteiger partial charge in [0.1, 0.15) is 15.7 Å². The Morgan fingerprint density at radius 1 is 1.05 bits per heavy atom. The Morgan fingerprint density at radius 2 is 1.64 bits per heavy atom. The smallest absolute Gasteiger partial charge is 0.381 e. The van der Waals surface area contributed by atoms with Crippen molar-refractivity contribution in [2.24, 2.45) is 17.8 Å². The zero-order chi connectivity index (χ0) is 16.7. The molecule has 0 radical (unpaired) electrons. The second-order valence-electron chi connectivity index (χ2n) is 6.84. The second kappa shape index (κ2) is 7.20. The normalized spacial score (nSPS) is 48.4. The lowest BCUT2D eigenvalue weighted by molar-refractivity contribution is 0.0208. The highest BCUT2D eigenvalue weighted by Crippen LogP contribution is 2.56. The first-order valence-electron chi connectivity index (χ1n) is 8.09. The van der Waals surface area contributed by atoms with Crippen molar-refractivity contribution in [2.45, 2.75) is 58.0 Å². The van der Waals surface area contributed by atoms with E-state index in [0.29, 0.717) is 11.8 Å². The van der Waals surface area contributed by atoms with E-state index in [4.69, 9.17) is 18.5 Å². The zero-order valence-corrected chi connectivity index (χ0v) is 16.1. The summed E-state index contributed by atoms with van der Waals surface area (Å²) in [6.45, 7) is 5.05. The Morgan fingerprint density at radius 3 is 2.09 bits per heavy atom. The largest absolute Gasteiger partial charge is 0.386 e. The molecule has 2 aliphatic rings. The minimum Gasteiger partial charge on any atom is -0.381 e. The molecule has 2 unspecified atom stereocenters. The predicted octanol–water partition coefficient (Wildman–Crippen LogP) is 1.07. The third-order valence-electron chi connectivity index (χ3n) is 5.35. The molecule has 0 aromatic carbocycles. The average molecular weight is 348 g/mol. The molecule has 2 heterocycles. The summed E-state index contributed by atoms with van der Waals surface area (Å²) >= 11 is 4.12. The van der Waals surface area contributed by atoms with Gasteiger partial charge in [-0.2, -0.15) is 0 Å². The summed E-state index contributed by atoms with van der Waals surface area (Å²) in [5.74, 6) is 0.967. The molecule has 9 heteroatoms. The Kier molecular flexibility index (Phi) is 6.18. The number of hydrogen-bond acceptors (Lipinski definition) is 5. The standard InChI is InChI=1S/C13H27B2O5PS/c1-6-7(2)12(14)19-10(6)5-17-21(16,22)20-11-8(3)13(15)18-9(11)4/h6-13H,5,14-15H2,1-4H3,(H,16,22)/t6?,7-,8-,9+,10+,11?,12+,13+,21-/m0/s1. The molecule has 0 aromatic heterocycles. The molecule has 0 saturated carbocycles. The molecule has 5 nitrogen and oxygen atoms in total. The minimum absolute atomic E-state index is 0.0670. The summed E-state index contributed by atoms with van der Waals surface area (Å²) in [4.78, 5) is 0. The fourth-order valence-corrected chi connectivity index (χ4v) is 4.84. The van der Waals surface area contributed by atoms with Gasteiger partial charge < -0.3 is 9.47 Å². The summed E-state index contributed by atoms with van der Waals surface area (Å²) in [7, 11) is 4.05. The molecule has 2 fully saturated rings. The van der Waals surface area contributed by atoms with Crippen LogP contribution in [-0.4, -0.2) is 52.6 Å². The van der Waals surface area contributed by atoms with Gasteiger partial charge in [-0.15, -0.1) is 0 Å². The summed E-state index contributed by atoms with van der Waals surface area (Å²) in [6, 6.07) is 0.265. The summed E-state index contributed by atoms with van der Waals surface area (Å²) < 4.78 is 35.2. The van der Waals surface area contributed by atoms with Crippen molar-refractivity contribution >= 4 is 34.7 Å². The molecule has 22 heavy (non-hydrogen) atoms. The molecule has 0 bridgehead atoms. The van der Waals surface area contributed by atoms with Gasteiger partial charge in [0.25, 0.3) is 0 Å². The van der Waals surface area contributed by atoms with Gasteiger partial charge in [0, 0.05) is 17.9 Å². The lowest BCUT2D eigenvalue weighted by Crippen LogP contribution is -2.27. The molecule has 126 valence electrons. The molecule has 0 amide bonds. The van der Waals surface area contributed by atoms with Crippen molar-refractivity contribution in [1.29, 1.82) is 0 Å². The summed E-state index contributed by atoms with van der Waals surface area (Å²) in [5, 5.41) is 0. The van der Waals surface area contributed by atoms with Crippen LogP contribution in [0.2, 0.25) is 0 Å². The van der Waals surface area contributed by atoms with Crippen LogP contribution in [0.1, 0.15) is 27.7 Å². The van der Waals surface area contributed by atoms with Crippen LogP contribution in [0, 0.1) is 17.8 Å². The van der Waals surface area contributed by atoms with E-state index in [0.717, 1.165) is 0 Å². The fourth-order valence-electron chi connectivity index (χ4n) is 3.25. The summed E-state index contributed by atoms with van der Waals surface area (Å²) in [5.41, 5.74) is 0. The van der Waals surface area contributed by atoms with Crippen LogP contribution in [0.25, 0.3) is 0 Å². The van der Waals surface area contributed by atoms with Crippen molar-refractivity contribution in [3.63, 3.8) is 0 Å². The van der Waals surface area contributed by atoms with Crippen LogP contribution in [-0.2, 0) is 23.1 Å². The van der Waals surface area contributed by atoms with E-state index in [-0.39, 0.29) is 42.8 Å². The Balaban J connectivity index is 1.88. The maximum atomic E-state index is 12.5. The highest BCUT2D eigenvalue weighted by atomic mass is 32.7. The lowest BCUT2D eigenvalue weighted by Gasteiger charge is -2.24. The van der Waals surface area contributed by atoms with E-state index in [1.165, 1.54) is 0 Å². The molecule has 0 aliphatic carbocycles. The minimum atomic E-state index is -3.43. The van der Waals surface area contributed by atoms with Crippen molar-refractivity contribution in [2.75, 3.05) is 6.61 Å². The molecule has 0 N–H and O–H groups in total. The molecule has 2 rings (SSSR count). The Hall–Kier alpha value is 0.550. The van der Waals surface area contributed by atoms with Crippen molar-refractivity contribution < 1.29 is 23.1 Å². The van der Waals surface area contributed by atoms with Crippen LogP contribution in [0.15, 0.2) is 0 Å². The second-order valence-corrected chi connectivity index (χ2v) is 9.71. The molecule has 0 aromatic rings. The van der Waals surface area contributed by atoms with E-state index >= 15 is 0 Å². The van der Waals surface area contributed by atoms with Crippen LogP contribution in [0.5, 0.6) is 0 Å². The first kappa shape index (κ1) is 18.9. The maximum absolute atomic E-state index is 12.5. The first-order valence-corrected chi connectivity index (χ1v) is 10.8. The fraction of sp³-hybridized carbons (Fsp3) is 1.00. The molecular formula is C13H27B2O5PS. The predicted molar refractivity (Wildman–Crippen MR) is 95.0 cm³/mol. The SMILES string of the molecule is B[C@@H]1O[C@H](C)C(O[P@@](=O)(S)OC[C@H]2O[C@@H](B)[C@@H](C)C2C)[C@@H]1C. The van der Waals surface area contributed by atoms with Gasteiger partial charge in [0.15, 0.2) is 0 Å². The Bertz CT molecular complexity index is 443. The Labute approximate surface area is 140 Å². The third-order valence-corrected chi connectivity index (χ3v) is 6.97. The molecule has 2 aliphatic heterocycles. The van der Waals surface area contributed by atoms with Gasteiger partial charge in [-0.05, 0) is 18.8 Å². The summed E-state index contributed by atoms with van der Waals surface area (Å²) in [6.07, 6.45) is -0.448. The molecule has 0 spiro atoms. The average Bonchev–Trinajstić information content (AvgIpc) is 2.81. The van der Waals surface area contributed by atoms with Crippen molar-refractivity contribution in [3.8, 4) is 0 Å². The highest BCUT2D eigenvalue weighted by Gasteiger charge is 2.42. The molecular weight excluding hydrogens is 321 g/mol. The van der Waals surface area contributed by atoms with Crippen LogP contribution >= 0.6 is 19.0 Å². The number of rotatable bonds is 5. The van der Waals surface area contributed by atoms with Gasteiger partial charge in [-0.25, -0.2) is 4.57 Å². The zero-order valence-electron chi connectivity index (χ0n) is 14.3. The van der Waals surface area contributed by atoms with Crippen LogP contribution < -0.4 is 0 Å². The topological polar surface area (TPSA) is 54.0 Å². The maximum Gasteiger partial charge on any atom is 0.386 e. The van der Waals surface area contributed by atoms with Crippen molar-refractivity contribution in [1.82, 2.24) is 0 Å². The van der Waals surface area contributed by atoms with Crippen LogP contribution in [0.3, 0.4) is 0 Å². The molecule has 2 saturated heterocycles. The molecule has 9 atom stereocenters. The van der Waals surface area contributed by atoms with E-state index in [1.807, 2.05) is 21.7 Å². The lowest BCUT2D eigenvalue weighted by atomic mass is 9.82. The van der Waals surface area contributed by atoms with E-state index in [9.17, 15) is 4.57 Å².